The van der Waals surface area contributed by atoms with Crippen LogP contribution in [0.3, 0.4) is 0 Å². The zero-order valence-electron chi connectivity index (χ0n) is 15.1. The summed E-state index contributed by atoms with van der Waals surface area (Å²) in [6, 6.07) is 6.66. The first-order valence-electron chi connectivity index (χ1n) is 7.98. The van der Waals surface area contributed by atoms with Gasteiger partial charge in [0.25, 0.3) is 0 Å². The number of benzene rings is 1. The average molecular weight is 452 g/mol. The molecule has 0 saturated carbocycles. The van der Waals surface area contributed by atoms with Gasteiger partial charge in [-0.25, -0.2) is 4.39 Å². The van der Waals surface area contributed by atoms with E-state index in [2.05, 4.69) is 22.3 Å². The molecule has 138 valence electrons. The molecule has 0 fully saturated rings. The van der Waals surface area contributed by atoms with Gasteiger partial charge in [-0.1, -0.05) is 12.1 Å². The first-order valence-corrected chi connectivity index (χ1v) is 7.98. The first kappa shape index (κ1) is 23.1. The lowest BCUT2D eigenvalue weighted by Gasteiger charge is -2.23. The van der Waals surface area contributed by atoms with E-state index in [1.165, 1.54) is 6.07 Å². The highest BCUT2D eigenvalue weighted by Crippen LogP contribution is 2.06. The summed E-state index contributed by atoms with van der Waals surface area (Å²) in [4.78, 5) is 8.83. The Labute approximate surface area is 162 Å². The second-order valence-corrected chi connectivity index (χ2v) is 5.52. The maximum absolute atomic E-state index is 13.3. The van der Waals surface area contributed by atoms with Gasteiger partial charge < -0.3 is 19.9 Å². The molecule has 0 atom stereocenters. The molecule has 0 heterocycles. The molecular weight excluding hydrogens is 422 g/mol. The minimum atomic E-state index is -0.211. The lowest BCUT2D eigenvalue weighted by molar-refractivity contribution is 0.163. The van der Waals surface area contributed by atoms with Crippen molar-refractivity contribution in [1.29, 1.82) is 0 Å². The zero-order chi connectivity index (χ0) is 17.1. The van der Waals surface area contributed by atoms with Crippen molar-refractivity contribution in [3.05, 3.63) is 35.6 Å². The van der Waals surface area contributed by atoms with E-state index in [4.69, 9.17) is 4.74 Å². The van der Waals surface area contributed by atoms with Crippen LogP contribution in [0.2, 0.25) is 0 Å². The molecule has 24 heavy (non-hydrogen) atoms. The summed E-state index contributed by atoms with van der Waals surface area (Å²) in [5.74, 6) is 0.620. The summed E-state index contributed by atoms with van der Waals surface area (Å²) in [6.45, 7) is 6.63. The lowest BCUT2D eigenvalue weighted by Crippen LogP contribution is -2.39. The van der Waals surface area contributed by atoms with Gasteiger partial charge in [0.1, 0.15) is 5.82 Å². The highest BCUT2D eigenvalue weighted by atomic mass is 127. The molecule has 0 saturated heterocycles. The van der Waals surface area contributed by atoms with Crippen LogP contribution >= 0.6 is 24.0 Å². The quantitative estimate of drug-likeness (QED) is 0.355. The Hall–Kier alpha value is -0.930. The monoisotopic (exact) mass is 452 g/mol. The Bertz CT molecular complexity index is 487. The maximum atomic E-state index is 13.3. The first-order chi connectivity index (χ1) is 11.1. The van der Waals surface area contributed by atoms with Crippen molar-refractivity contribution >= 4 is 29.9 Å². The third-order valence-electron chi connectivity index (χ3n) is 3.43. The Morgan fingerprint density at radius 2 is 2.04 bits per heavy atom. The van der Waals surface area contributed by atoms with Crippen LogP contribution < -0.4 is 5.32 Å². The number of nitrogens with zero attached hydrogens (tertiary/aromatic N) is 3. The van der Waals surface area contributed by atoms with Crippen molar-refractivity contribution in [1.82, 2.24) is 15.1 Å². The van der Waals surface area contributed by atoms with Gasteiger partial charge in [0, 0.05) is 40.3 Å². The number of methoxy groups -OCH3 is 1. The average Bonchev–Trinajstić information content (AvgIpc) is 2.52. The van der Waals surface area contributed by atoms with Crippen LogP contribution in [-0.2, 0) is 11.3 Å². The molecule has 5 nitrogen and oxygen atoms in total. The highest BCUT2D eigenvalue weighted by Gasteiger charge is 2.07. The second-order valence-electron chi connectivity index (χ2n) is 5.52. The van der Waals surface area contributed by atoms with E-state index in [1.54, 1.807) is 19.2 Å². The van der Waals surface area contributed by atoms with Gasteiger partial charge in [-0.2, -0.15) is 0 Å². The summed E-state index contributed by atoms with van der Waals surface area (Å²) >= 11 is 0. The summed E-state index contributed by atoms with van der Waals surface area (Å²) in [5, 5.41) is 3.27. The SMILES string of the molecule is CCNC(=NCCN(C)CCOC)N(C)Cc1cccc(F)c1.I. The van der Waals surface area contributed by atoms with Gasteiger partial charge in [0.2, 0.25) is 0 Å². The predicted octanol–water partition coefficient (Wildman–Crippen LogP) is 2.42. The largest absolute Gasteiger partial charge is 0.383 e. The van der Waals surface area contributed by atoms with Gasteiger partial charge in [-0.3, -0.25) is 4.99 Å². The Balaban J connectivity index is 0.00000529. The molecule has 0 radical (unpaired) electrons. The van der Waals surface area contributed by atoms with E-state index in [0.29, 0.717) is 13.1 Å². The van der Waals surface area contributed by atoms with Crippen molar-refractivity contribution in [2.24, 2.45) is 4.99 Å². The van der Waals surface area contributed by atoms with Crippen molar-refractivity contribution in [2.45, 2.75) is 13.5 Å². The number of likely N-dealkylation sites (N-methyl/N-ethyl adjacent to an activating group) is 1. The van der Waals surface area contributed by atoms with Crippen molar-refractivity contribution in [3.8, 4) is 0 Å². The molecule has 1 N–H and O–H groups in total. The maximum Gasteiger partial charge on any atom is 0.194 e. The Morgan fingerprint density at radius 1 is 1.29 bits per heavy atom. The van der Waals surface area contributed by atoms with Crippen LogP contribution in [0.1, 0.15) is 12.5 Å². The zero-order valence-corrected chi connectivity index (χ0v) is 17.4. The van der Waals surface area contributed by atoms with E-state index >= 15 is 0 Å². The number of aliphatic imine (C=N–C) groups is 1. The van der Waals surface area contributed by atoms with E-state index < -0.39 is 0 Å². The fourth-order valence-electron chi connectivity index (χ4n) is 2.14. The lowest BCUT2D eigenvalue weighted by atomic mass is 10.2. The molecule has 0 amide bonds. The van der Waals surface area contributed by atoms with Crippen molar-refractivity contribution in [3.63, 3.8) is 0 Å². The number of ether oxygens (including phenoxy) is 1. The number of hydrogen-bond donors (Lipinski definition) is 1. The number of nitrogens with one attached hydrogen (secondary N) is 1. The second kappa shape index (κ2) is 13.4. The Kier molecular flexibility index (Phi) is 12.9. The van der Waals surface area contributed by atoms with E-state index in [0.717, 1.165) is 37.8 Å². The molecule has 0 unspecified atom stereocenters. The number of halogens is 2. The topological polar surface area (TPSA) is 40.1 Å². The predicted molar refractivity (Wildman–Crippen MR) is 109 cm³/mol. The van der Waals surface area contributed by atoms with Crippen molar-refractivity contribution in [2.75, 3.05) is 54.0 Å². The standard InChI is InChI=1S/C17H29FN4O.HI/c1-5-19-17(20-9-10-21(2)11-12-23-4)22(3)14-15-7-6-8-16(18)13-15;/h6-8,13H,5,9-12,14H2,1-4H3,(H,19,20);1H. The summed E-state index contributed by atoms with van der Waals surface area (Å²) in [5.41, 5.74) is 0.926. The van der Waals surface area contributed by atoms with Crippen LogP contribution in [0.4, 0.5) is 4.39 Å². The minimum absolute atomic E-state index is 0. The van der Waals surface area contributed by atoms with E-state index in [-0.39, 0.29) is 29.8 Å². The normalized spacial score (nSPS) is 11.3. The fourth-order valence-corrected chi connectivity index (χ4v) is 2.14. The molecule has 7 heteroatoms. The van der Waals surface area contributed by atoms with Gasteiger partial charge in [0.15, 0.2) is 5.96 Å². The fraction of sp³-hybridized carbons (Fsp3) is 0.588. The van der Waals surface area contributed by atoms with Crippen LogP contribution in [0.25, 0.3) is 0 Å². The summed E-state index contributed by atoms with van der Waals surface area (Å²) in [6.07, 6.45) is 0. The number of rotatable bonds is 9. The van der Waals surface area contributed by atoms with Gasteiger partial charge in [-0.05, 0) is 31.7 Å². The summed E-state index contributed by atoms with van der Waals surface area (Å²) < 4.78 is 18.3. The molecule has 1 aromatic carbocycles. The van der Waals surface area contributed by atoms with Gasteiger partial charge in [-0.15, -0.1) is 24.0 Å². The molecule has 0 bridgehead atoms. The van der Waals surface area contributed by atoms with Crippen LogP contribution in [0.5, 0.6) is 0 Å². The third-order valence-corrected chi connectivity index (χ3v) is 3.43. The molecule has 0 aliphatic carbocycles. The van der Waals surface area contributed by atoms with E-state index in [1.807, 2.05) is 24.9 Å². The molecule has 0 aromatic heterocycles. The molecule has 0 aliphatic heterocycles. The van der Waals surface area contributed by atoms with Crippen molar-refractivity contribution < 1.29 is 9.13 Å². The smallest absolute Gasteiger partial charge is 0.194 e. The molecule has 0 spiro atoms. The minimum Gasteiger partial charge on any atom is -0.383 e. The number of hydrogen-bond acceptors (Lipinski definition) is 3. The number of guanidine groups is 1. The third kappa shape index (κ3) is 9.39. The molecule has 1 rings (SSSR count). The van der Waals surface area contributed by atoms with Crippen LogP contribution in [-0.4, -0.2) is 69.8 Å². The Morgan fingerprint density at radius 3 is 2.67 bits per heavy atom. The van der Waals surface area contributed by atoms with Crippen LogP contribution in [0.15, 0.2) is 29.3 Å². The van der Waals surface area contributed by atoms with Gasteiger partial charge in [0.05, 0.1) is 13.2 Å². The van der Waals surface area contributed by atoms with Gasteiger partial charge >= 0.3 is 0 Å². The summed E-state index contributed by atoms with van der Waals surface area (Å²) in [7, 11) is 5.72. The molecule has 1 aromatic rings. The van der Waals surface area contributed by atoms with E-state index in [9.17, 15) is 4.39 Å². The van der Waals surface area contributed by atoms with Crippen LogP contribution in [0, 0.1) is 5.82 Å². The molecular formula is C17H30FIN4O. The molecule has 0 aliphatic rings. The highest BCUT2D eigenvalue weighted by molar-refractivity contribution is 14.0.